The molecular formula is C18H24N2. The minimum atomic E-state index is 0.360. The summed E-state index contributed by atoms with van der Waals surface area (Å²) in [6, 6.07) is 11.2. The number of aromatic nitrogens is 1. The van der Waals surface area contributed by atoms with Crippen molar-refractivity contribution in [1.82, 2.24) is 10.3 Å². The summed E-state index contributed by atoms with van der Waals surface area (Å²) in [7, 11) is 0. The molecule has 1 aromatic heterocycles. The van der Waals surface area contributed by atoms with Gasteiger partial charge in [0.2, 0.25) is 0 Å². The molecule has 20 heavy (non-hydrogen) atoms. The molecule has 0 radical (unpaired) electrons. The van der Waals surface area contributed by atoms with Gasteiger partial charge < -0.3 is 5.32 Å². The van der Waals surface area contributed by atoms with E-state index >= 15 is 0 Å². The Hall–Kier alpha value is -1.67. The summed E-state index contributed by atoms with van der Waals surface area (Å²) in [6.45, 7) is 7.60. The van der Waals surface area contributed by atoms with E-state index in [2.05, 4.69) is 55.3 Å². The molecule has 1 aromatic carbocycles. The van der Waals surface area contributed by atoms with Crippen LogP contribution in [-0.2, 0) is 6.42 Å². The first-order chi connectivity index (χ1) is 9.70. The van der Waals surface area contributed by atoms with Gasteiger partial charge in [-0.2, -0.15) is 0 Å². The van der Waals surface area contributed by atoms with Crippen LogP contribution in [0.1, 0.15) is 41.6 Å². The van der Waals surface area contributed by atoms with E-state index < -0.39 is 0 Å². The van der Waals surface area contributed by atoms with E-state index in [1.165, 1.54) is 22.3 Å². The summed E-state index contributed by atoms with van der Waals surface area (Å²) in [4.78, 5) is 4.22. The first-order valence-corrected chi connectivity index (χ1v) is 7.40. The number of hydrogen-bond donors (Lipinski definition) is 1. The second kappa shape index (κ2) is 7.20. The zero-order valence-electron chi connectivity index (χ0n) is 12.7. The van der Waals surface area contributed by atoms with Gasteiger partial charge in [-0.3, -0.25) is 4.98 Å². The van der Waals surface area contributed by atoms with Gasteiger partial charge in [-0.05, 0) is 56.0 Å². The van der Waals surface area contributed by atoms with Crippen LogP contribution in [0, 0.1) is 13.8 Å². The van der Waals surface area contributed by atoms with Gasteiger partial charge in [0.1, 0.15) is 0 Å². The number of pyridine rings is 1. The second-order valence-corrected chi connectivity index (χ2v) is 5.43. The fourth-order valence-corrected chi connectivity index (χ4v) is 2.50. The van der Waals surface area contributed by atoms with Gasteiger partial charge in [0.15, 0.2) is 0 Å². The fraction of sp³-hybridized carbons (Fsp3) is 0.389. The summed E-state index contributed by atoms with van der Waals surface area (Å²) in [5, 5.41) is 3.67. The molecule has 2 heteroatoms. The van der Waals surface area contributed by atoms with Gasteiger partial charge in [-0.1, -0.05) is 36.8 Å². The second-order valence-electron chi connectivity index (χ2n) is 5.43. The third-order valence-electron chi connectivity index (χ3n) is 3.61. The quantitative estimate of drug-likeness (QED) is 0.857. The van der Waals surface area contributed by atoms with E-state index in [0.29, 0.717) is 6.04 Å². The molecule has 0 fully saturated rings. The number of nitrogens with one attached hydrogen (secondary N) is 1. The molecule has 0 saturated carbocycles. The highest BCUT2D eigenvalue weighted by Gasteiger charge is 2.14. The average molecular weight is 268 g/mol. The molecule has 0 aliphatic heterocycles. The van der Waals surface area contributed by atoms with E-state index in [1.54, 1.807) is 0 Å². The van der Waals surface area contributed by atoms with E-state index in [1.807, 2.05) is 18.5 Å². The maximum absolute atomic E-state index is 4.22. The van der Waals surface area contributed by atoms with Crippen LogP contribution in [0.2, 0.25) is 0 Å². The van der Waals surface area contributed by atoms with Crippen LogP contribution in [0.5, 0.6) is 0 Å². The van der Waals surface area contributed by atoms with Gasteiger partial charge in [0, 0.05) is 18.4 Å². The Kier molecular flexibility index (Phi) is 5.31. The largest absolute Gasteiger partial charge is 0.310 e. The van der Waals surface area contributed by atoms with Gasteiger partial charge in [-0.15, -0.1) is 0 Å². The van der Waals surface area contributed by atoms with Gasteiger partial charge in [0.25, 0.3) is 0 Å². The van der Waals surface area contributed by atoms with Crippen molar-refractivity contribution in [2.24, 2.45) is 0 Å². The smallest absolute Gasteiger partial charge is 0.0364 e. The zero-order valence-corrected chi connectivity index (χ0v) is 12.7. The molecule has 0 spiro atoms. The van der Waals surface area contributed by atoms with Crippen molar-refractivity contribution in [2.45, 2.75) is 39.7 Å². The van der Waals surface area contributed by atoms with Crippen molar-refractivity contribution in [2.75, 3.05) is 6.54 Å². The molecule has 1 N–H and O–H groups in total. The SMILES string of the molecule is CCCNC(Cc1cccnc1)c1cc(C)ccc1C. The third-order valence-corrected chi connectivity index (χ3v) is 3.61. The third kappa shape index (κ3) is 3.91. The molecule has 106 valence electrons. The molecular weight excluding hydrogens is 244 g/mol. The Labute approximate surface area is 122 Å². The maximum Gasteiger partial charge on any atom is 0.0364 e. The Balaban J connectivity index is 2.24. The zero-order chi connectivity index (χ0) is 14.4. The summed E-state index contributed by atoms with van der Waals surface area (Å²) in [5.74, 6) is 0. The molecule has 0 saturated heterocycles. The number of benzene rings is 1. The number of hydrogen-bond acceptors (Lipinski definition) is 2. The van der Waals surface area contributed by atoms with Crippen molar-refractivity contribution in [3.8, 4) is 0 Å². The Morgan fingerprint density at radius 3 is 2.75 bits per heavy atom. The standard InChI is InChI=1S/C18H24N2/c1-4-9-20-18(12-16-6-5-10-19-13-16)17-11-14(2)7-8-15(17)3/h5-8,10-11,13,18,20H,4,9,12H2,1-3H3. The Morgan fingerprint density at radius 1 is 1.20 bits per heavy atom. The number of aryl methyl sites for hydroxylation is 2. The Bertz CT molecular complexity index is 534. The van der Waals surface area contributed by atoms with Crippen LogP contribution in [0.25, 0.3) is 0 Å². The van der Waals surface area contributed by atoms with Crippen LogP contribution in [-0.4, -0.2) is 11.5 Å². The van der Waals surface area contributed by atoms with Crippen LogP contribution in [0.15, 0.2) is 42.7 Å². The first kappa shape index (κ1) is 14.7. The lowest BCUT2D eigenvalue weighted by Crippen LogP contribution is -2.25. The molecule has 2 nitrogen and oxygen atoms in total. The van der Waals surface area contributed by atoms with E-state index in [-0.39, 0.29) is 0 Å². The summed E-state index contributed by atoms with van der Waals surface area (Å²) in [6.07, 6.45) is 5.92. The van der Waals surface area contributed by atoms with Crippen molar-refractivity contribution in [1.29, 1.82) is 0 Å². The molecule has 2 rings (SSSR count). The van der Waals surface area contributed by atoms with Crippen LogP contribution < -0.4 is 5.32 Å². The van der Waals surface area contributed by atoms with Crippen molar-refractivity contribution < 1.29 is 0 Å². The molecule has 1 heterocycles. The molecule has 1 atom stereocenters. The normalized spacial score (nSPS) is 12.3. The summed E-state index contributed by atoms with van der Waals surface area (Å²) >= 11 is 0. The van der Waals surface area contributed by atoms with Gasteiger partial charge in [-0.25, -0.2) is 0 Å². The lowest BCUT2D eigenvalue weighted by molar-refractivity contribution is 0.526. The van der Waals surface area contributed by atoms with Gasteiger partial charge >= 0.3 is 0 Å². The molecule has 0 aliphatic carbocycles. The highest BCUT2D eigenvalue weighted by Crippen LogP contribution is 2.23. The van der Waals surface area contributed by atoms with Gasteiger partial charge in [0.05, 0.1) is 0 Å². The van der Waals surface area contributed by atoms with Crippen molar-refractivity contribution >= 4 is 0 Å². The van der Waals surface area contributed by atoms with E-state index in [0.717, 1.165) is 19.4 Å². The van der Waals surface area contributed by atoms with Crippen LogP contribution in [0.3, 0.4) is 0 Å². The minimum Gasteiger partial charge on any atom is -0.310 e. The summed E-state index contributed by atoms with van der Waals surface area (Å²) < 4.78 is 0. The highest BCUT2D eigenvalue weighted by molar-refractivity contribution is 5.34. The molecule has 0 aliphatic rings. The molecule has 0 bridgehead atoms. The molecule has 0 amide bonds. The van der Waals surface area contributed by atoms with E-state index in [9.17, 15) is 0 Å². The van der Waals surface area contributed by atoms with Crippen molar-refractivity contribution in [3.05, 3.63) is 65.0 Å². The van der Waals surface area contributed by atoms with Crippen LogP contribution in [0.4, 0.5) is 0 Å². The van der Waals surface area contributed by atoms with Crippen molar-refractivity contribution in [3.63, 3.8) is 0 Å². The predicted octanol–water partition coefficient (Wildman–Crippen LogP) is 3.98. The molecule has 2 aromatic rings. The van der Waals surface area contributed by atoms with E-state index in [4.69, 9.17) is 0 Å². The fourth-order valence-electron chi connectivity index (χ4n) is 2.50. The highest BCUT2D eigenvalue weighted by atomic mass is 14.9. The van der Waals surface area contributed by atoms with Crippen LogP contribution >= 0.6 is 0 Å². The average Bonchev–Trinajstić information content (AvgIpc) is 2.47. The lowest BCUT2D eigenvalue weighted by atomic mass is 9.94. The maximum atomic E-state index is 4.22. The number of rotatable bonds is 6. The first-order valence-electron chi connectivity index (χ1n) is 7.40. The topological polar surface area (TPSA) is 24.9 Å². The number of nitrogens with zero attached hydrogens (tertiary/aromatic N) is 1. The molecule has 1 unspecified atom stereocenters. The minimum absolute atomic E-state index is 0.360. The Morgan fingerprint density at radius 2 is 2.05 bits per heavy atom. The summed E-state index contributed by atoms with van der Waals surface area (Å²) in [5.41, 5.74) is 5.36. The predicted molar refractivity (Wildman–Crippen MR) is 84.9 cm³/mol. The monoisotopic (exact) mass is 268 g/mol. The lowest BCUT2D eigenvalue weighted by Gasteiger charge is -2.21.